The van der Waals surface area contributed by atoms with Crippen LogP contribution in [0.3, 0.4) is 0 Å². The summed E-state index contributed by atoms with van der Waals surface area (Å²) in [6, 6.07) is 10.7. The Bertz CT molecular complexity index is 744. The van der Waals surface area contributed by atoms with Gasteiger partial charge in [0, 0.05) is 7.05 Å². The molecule has 1 amide bonds. The van der Waals surface area contributed by atoms with Gasteiger partial charge in [-0.15, -0.1) is 0 Å². The molecule has 1 heterocycles. The van der Waals surface area contributed by atoms with E-state index < -0.39 is 0 Å². The quantitative estimate of drug-likeness (QED) is 0.868. The highest BCUT2D eigenvalue weighted by atomic mass is 16.7. The molecule has 0 spiro atoms. The van der Waals surface area contributed by atoms with Crippen LogP contribution in [0, 0.1) is 0 Å². The molecule has 120 valence electrons. The number of hydrogen-bond donors (Lipinski definition) is 0. The molecular weight excluding hydrogens is 298 g/mol. The van der Waals surface area contributed by atoms with Gasteiger partial charge in [0.1, 0.15) is 5.75 Å². The van der Waals surface area contributed by atoms with Gasteiger partial charge in [-0.05, 0) is 24.3 Å². The van der Waals surface area contributed by atoms with E-state index in [1.54, 1.807) is 32.4 Å². The van der Waals surface area contributed by atoms with E-state index in [1.807, 2.05) is 18.2 Å². The SMILES string of the molecule is COc1ccccc1N(C)C(=O)c1ccc2c(c1OC)OCO2. The van der Waals surface area contributed by atoms with Gasteiger partial charge >= 0.3 is 0 Å². The Balaban J connectivity index is 2.00. The topological polar surface area (TPSA) is 57.2 Å². The number of ether oxygens (including phenoxy) is 4. The maximum atomic E-state index is 12.9. The molecule has 1 aliphatic rings. The first-order valence-corrected chi connectivity index (χ1v) is 7.05. The molecule has 0 saturated heterocycles. The molecule has 23 heavy (non-hydrogen) atoms. The number of carbonyl (C=O) groups excluding carboxylic acids is 1. The molecule has 0 fully saturated rings. The zero-order chi connectivity index (χ0) is 16.4. The van der Waals surface area contributed by atoms with Crippen LogP contribution in [-0.2, 0) is 0 Å². The van der Waals surface area contributed by atoms with Gasteiger partial charge in [-0.25, -0.2) is 0 Å². The first kappa shape index (κ1) is 15.0. The fraction of sp³-hybridized carbons (Fsp3) is 0.235. The van der Waals surface area contributed by atoms with E-state index in [9.17, 15) is 4.79 Å². The molecule has 0 unspecified atom stereocenters. The highest BCUT2D eigenvalue weighted by Gasteiger charge is 2.27. The predicted molar refractivity (Wildman–Crippen MR) is 84.8 cm³/mol. The van der Waals surface area contributed by atoms with Crippen LogP contribution in [0.2, 0.25) is 0 Å². The number of methoxy groups -OCH3 is 2. The second-order valence-electron chi connectivity index (χ2n) is 4.92. The summed E-state index contributed by atoms with van der Waals surface area (Å²) < 4.78 is 21.4. The lowest BCUT2D eigenvalue weighted by molar-refractivity contribution is 0.0988. The average Bonchev–Trinajstić information content (AvgIpc) is 3.08. The molecule has 0 bridgehead atoms. The minimum absolute atomic E-state index is 0.117. The van der Waals surface area contributed by atoms with Crippen LogP contribution in [0.15, 0.2) is 36.4 Å². The van der Waals surface area contributed by atoms with E-state index in [1.165, 1.54) is 12.0 Å². The van der Waals surface area contributed by atoms with Gasteiger partial charge in [0.25, 0.3) is 5.91 Å². The van der Waals surface area contributed by atoms with Gasteiger partial charge in [-0.3, -0.25) is 4.79 Å². The van der Waals surface area contributed by atoms with Crippen LogP contribution in [0.25, 0.3) is 0 Å². The van der Waals surface area contributed by atoms with E-state index in [4.69, 9.17) is 18.9 Å². The van der Waals surface area contributed by atoms with Crippen molar-refractivity contribution in [3.63, 3.8) is 0 Å². The summed E-state index contributed by atoms with van der Waals surface area (Å²) in [5.41, 5.74) is 1.06. The van der Waals surface area contributed by atoms with Gasteiger partial charge in [0.05, 0.1) is 25.5 Å². The van der Waals surface area contributed by atoms with Crippen LogP contribution in [-0.4, -0.2) is 34.0 Å². The van der Waals surface area contributed by atoms with Gasteiger partial charge in [-0.2, -0.15) is 0 Å². The van der Waals surface area contributed by atoms with E-state index >= 15 is 0 Å². The molecule has 0 aromatic heterocycles. The summed E-state index contributed by atoms with van der Waals surface area (Å²) in [5, 5.41) is 0. The van der Waals surface area contributed by atoms with Gasteiger partial charge < -0.3 is 23.8 Å². The fourth-order valence-electron chi connectivity index (χ4n) is 2.51. The standard InChI is InChI=1S/C17H17NO5/c1-18(12-6-4-5-7-13(12)20-2)17(19)11-8-9-14-16(15(11)21-3)23-10-22-14/h4-9H,10H2,1-3H3. The summed E-state index contributed by atoms with van der Waals surface area (Å²) in [6.07, 6.45) is 0. The summed E-state index contributed by atoms with van der Waals surface area (Å²) in [7, 11) is 4.75. The van der Waals surface area contributed by atoms with Crippen molar-refractivity contribution >= 4 is 11.6 Å². The average molecular weight is 315 g/mol. The van der Waals surface area contributed by atoms with E-state index in [2.05, 4.69) is 0 Å². The first-order valence-electron chi connectivity index (χ1n) is 7.05. The molecule has 0 saturated carbocycles. The molecule has 0 atom stereocenters. The predicted octanol–water partition coefficient (Wildman–Crippen LogP) is 2.71. The minimum Gasteiger partial charge on any atom is -0.495 e. The molecule has 1 aliphatic heterocycles. The Morgan fingerprint density at radius 1 is 1.09 bits per heavy atom. The second kappa shape index (κ2) is 6.08. The highest BCUT2D eigenvalue weighted by molar-refractivity contribution is 6.09. The van der Waals surface area contributed by atoms with E-state index in [-0.39, 0.29) is 12.7 Å². The van der Waals surface area contributed by atoms with Crippen molar-refractivity contribution in [3.8, 4) is 23.0 Å². The monoisotopic (exact) mass is 315 g/mol. The largest absolute Gasteiger partial charge is 0.495 e. The smallest absolute Gasteiger partial charge is 0.262 e. The third-order valence-electron chi connectivity index (χ3n) is 3.68. The molecule has 0 aliphatic carbocycles. The normalized spacial score (nSPS) is 12.0. The molecule has 0 radical (unpaired) electrons. The molecule has 2 aromatic carbocycles. The van der Waals surface area contributed by atoms with Gasteiger partial charge in [0.15, 0.2) is 11.5 Å². The maximum absolute atomic E-state index is 12.9. The molecular formula is C17H17NO5. The summed E-state index contributed by atoms with van der Waals surface area (Å²) in [6.45, 7) is 0.117. The fourth-order valence-corrected chi connectivity index (χ4v) is 2.51. The van der Waals surface area contributed by atoms with Crippen molar-refractivity contribution in [3.05, 3.63) is 42.0 Å². The van der Waals surface area contributed by atoms with Crippen molar-refractivity contribution in [2.24, 2.45) is 0 Å². The molecule has 6 heteroatoms. The number of carbonyl (C=O) groups is 1. The van der Waals surface area contributed by atoms with E-state index in [0.717, 1.165) is 0 Å². The molecule has 0 N–H and O–H groups in total. The highest BCUT2D eigenvalue weighted by Crippen LogP contribution is 2.43. The molecule has 6 nitrogen and oxygen atoms in total. The van der Waals surface area contributed by atoms with Gasteiger partial charge in [-0.1, -0.05) is 12.1 Å². The number of benzene rings is 2. The third-order valence-corrected chi connectivity index (χ3v) is 3.68. The van der Waals surface area contributed by atoms with Crippen molar-refractivity contribution in [1.29, 1.82) is 0 Å². The van der Waals surface area contributed by atoms with Crippen molar-refractivity contribution in [2.75, 3.05) is 33.0 Å². The zero-order valence-electron chi connectivity index (χ0n) is 13.2. The van der Waals surface area contributed by atoms with Crippen LogP contribution in [0.5, 0.6) is 23.0 Å². The molecule has 2 aromatic rings. The maximum Gasteiger partial charge on any atom is 0.262 e. The Hall–Kier alpha value is -2.89. The lowest BCUT2D eigenvalue weighted by Crippen LogP contribution is -2.27. The van der Waals surface area contributed by atoms with Crippen LogP contribution < -0.4 is 23.8 Å². The number of fused-ring (bicyclic) bond motifs is 1. The van der Waals surface area contributed by atoms with Crippen molar-refractivity contribution in [1.82, 2.24) is 0 Å². The Labute approximate surface area is 134 Å². The van der Waals surface area contributed by atoms with Gasteiger partial charge in [0.2, 0.25) is 12.5 Å². The van der Waals surface area contributed by atoms with Crippen LogP contribution >= 0.6 is 0 Å². The minimum atomic E-state index is -0.232. The van der Waals surface area contributed by atoms with Crippen LogP contribution in [0.4, 0.5) is 5.69 Å². The van der Waals surface area contributed by atoms with E-state index in [0.29, 0.717) is 34.2 Å². The lowest BCUT2D eigenvalue weighted by Gasteiger charge is -2.21. The number of amides is 1. The number of rotatable bonds is 4. The van der Waals surface area contributed by atoms with Crippen LogP contribution in [0.1, 0.15) is 10.4 Å². The summed E-state index contributed by atoms with van der Waals surface area (Å²) in [5.74, 6) is 1.77. The first-order chi connectivity index (χ1) is 11.2. The number of hydrogen-bond acceptors (Lipinski definition) is 5. The van der Waals surface area contributed by atoms with Crippen molar-refractivity contribution in [2.45, 2.75) is 0 Å². The summed E-state index contributed by atoms with van der Waals surface area (Å²) in [4.78, 5) is 14.4. The summed E-state index contributed by atoms with van der Waals surface area (Å²) >= 11 is 0. The Kier molecular flexibility index (Phi) is 3.97. The number of anilines is 1. The number of nitrogens with zero attached hydrogens (tertiary/aromatic N) is 1. The number of para-hydroxylation sites is 2. The second-order valence-corrected chi connectivity index (χ2v) is 4.92. The Morgan fingerprint density at radius 2 is 1.87 bits per heavy atom. The Morgan fingerprint density at radius 3 is 2.61 bits per heavy atom. The lowest BCUT2D eigenvalue weighted by atomic mass is 10.1. The van der Waals surface area contributed by atoms with Crippen molar-refractivity contribution < 1.29 is 23.7 Å². The molecule has 3 rings (SSSR count). The third kappa shape index (κ3) is 2.52. The zero-order valence-corrected chi connectivity index (χ0v) is 13.2.